The summed E-state index contributed by atoms with van der Waals surface area (Å²) in [4.78, 5) is 0. The fourth-order valence-corrected chi connectivity index (χ4v) is 2.30. The van der Waals surface area contributed by atoms with Crippen LogP contribution in [-0.2, 0) is 9.47 Å². The lowest BCUT2D eigenvalue weighted by molar-refractivity contribution is -0.318. The van der Waals surface area contributed by atoms with Crippen LogP contribution in [0.25, 0.3) is 0 Å². The normalized spacial score (nSPS) is 37.6. The Morgan fingerprint density at radius 3 is 2.50 bits per heavy atom. The first-order valence-corrected chi connectivity index (χ1v) is 6.42. The molecule has 6 nitrogen and oxygen atoms in total. The molecule has 1 fully saturated rings. The topological polar surface area (TPSA) is 88.4 Å². The largest absolute Gasteiger partial charge is 0.484 e. The quantitative estimate of drug-likeness (QED) is 0.716. The van der Waals surface area contributed by atoms with E-state index in [4.69, 9.17) is 14.2 Å². The van der Waals surface area contributed by atoms with Crippen LogP contribution in [0.15, 0.2) is 30.3 Å². The Kier molecular flexibility index (Phi) is 4.62. The molecule has 0 amide bonds. The number of aliphatic hydroxyl groups is 3. The third-order valence-corrected chi connectivity index (χ3v) is 3.50. The Morgan fingerprint density at radius 2 is 1.95 bits per heavy atom. The predicted molar refractivity (Wildman–Crippen MR) is 70.2 cm³/mol. The average molecular weight is 284 g/mol. The third-order valence-electron chi connectivity index (χ3n) is 3.50. The molecule has 1 aromatic carbocycles. The number of rotatable bonds is 4. The SMILES string of the molecule is CO[C@@H]1O[C@@H](CO)[C@H](Oc2ccccc2)[C@@](C)(O)[C@H]1O. The number of benzene rings is 1. The van der Waals surface area contributed by atoms with Crippen LogP contribution in [0.5, 0.6) is 5.75 Å². The maximum absolute atomic E-state index is 10.5. The van der Waals surface area contributed by atoms with E-state index < -0.39 is 30.2 Å². The molecule has 3 N–H and O–H groups in total. The van der Waals surface area contributed by atoms with Crippen LogP contribution < -0.4 is 4.74 Å². The summed E-state index contributed by atoms with van der Waals surface area (Å²) in [6.07, 6.45) is -4.03. The molecule has 20 heavy (non-hydrogen) atoms. The van der Waals surface area contributed by atoms with E-state index in [1.807, 2.05) is 6.07 Å². The van der Waals surface area contributed by atoms with Gasteiger partial charge in [0.2, 0.25) is 0 Å². The zero-order valence-corrected chi connectivity index (χ0v) is 11.5. The first-order chi connectivity index (χ1) is 9.50. The smallest absolute Gasteiger partial charge is 0.186 e. The van der Waals surface area contributed by atoms with E-state index in [0.717, 1.165) is 0 Å². The van der Waals surface area contributed by atoms with Crippen LogP contribution in [0, 0.1) is 0 Å². The van der Waals surface area contributed by atoms with E-state index in [-0.39, 0.29) is 6.61 Å². The van der Waals surface area contributed by atoms with Crippen molar-refractivity contribution in [2.24, 2.45) is 0 Å². The summed E-state index contributed by atoms with van der Waals surface area (Å²) in [5.41, 5.74) is -1.62. The van der Waals surface area contributed by atoms with E-state index in [9.17, 15) is 15.3 Å². The molecule has 1 aliphatic rings. The minimum absolute atomic E-state index is 0.361. The highest BCUT2D eigenvalue weighted by Crippen LogP contribution is 2.33. The molecule has 5 atom stereocenters. The van der Waals surface area contributed by atoms with Crippen molar-refractivity contribution in [3.63, 3.8) is 0 Å². The van der Waals surface area contributed by atoms with Crippen molar-refractivity contribution in [1.82, 2.24) is 0 Å². The molecule has 0 saturated carbocycles. The van der Waals surface area contributed by atoms with Gasteiger partial charge in [-0.05, 0) is 19.1 Å². The molecular formula is C14H20O6. The van der Waals surface area contributed by atoms with Gasteiger partial charge >= 0.3 is 0 Å². The lowest BCUT2D eigenvalue weighted by Crippen LogP contribution is -2.67. The number of methoxy groups -OCH3 is 1. The van der Waals surface area contributed by atoms with Gasteiger partial charge in [0.05, 0.1) is 6.61 Å². The van der Waals surface area contributed by atoms with Crippen molar-refractivity contribution >= 4 is 0 Å². The van der Waals surface area contributed by atoms with Crippen LogP contribution in [0.4, 0.5) is 0 Å². The van der Waals surface area contributed by atoms with E-state index in [1.54, 1.807) is 24.3 Å². The summed E-state index contributed by atoms with van der Waals surface area (Å²) in [6, 6.07) is 8.85. The molecule has 0 radical (unpaired) electrons. The van der Waals surface area contributed by atoms with Gasteiger partial charge in [-0.3, -0.25) is 0 Å². The van der Waals surface area contributed by atoms with E-state index >= 15 is 0 Å². The van der Waals surface area contributed by atoms with Gasteiger partial charge < -0.3 is 29.5 Å². The van der Waals surface area contributed by atoms with E-state index in [0.29, 0.717) is 5.75 Å². The Morgan fingerprint density at radius 1 is 1.30 bits per heavy atom. The van der Waals surface area contributed by atoms with Gasteiger partial charge in [-0.2, -0.15) is 0 Å². The Hall–Kier alpha value is -1.18. The third kappa shape index (κ3) is 2.79. The van der Waals surface area contributed by atoms with Gasteiger partial charge in [-0.15, -0.1) is 0 Å². The van der Waals surface area contributed by atoms with Crippen molar-refractivity contribution in [2.45, 2.75) is 37.1 Å². The molecule has 6 heteroatoms. The highest BCUT2D eigenvalue weighted by Gasteiger charge is 2.54. The van der Waals surface area contributed by atoms with Gasteiger partial charge in [0, 0.05) is 7.11 Å². The molecule has 1 saturated heterocycles. The molecule has 0 unspecified atom stereocenters. The van der Waals surface area contributed by atoms with Crippen LogP contribution in [0.1, 0.15) is 6.92 Å². The van der Waals surface area contributed by atoms with Crippen LogP contribution in [0.2, 0.25) is 0 Å². The van der Waals surface area contributed by atoms with Crippen LogP contribution in [0.3, 0.4) is 0 Å². The average Bonchev–Trinajstić information content (AvgIpc) is 2.46. The molecule has 0 aromatic heterocycles. The first-order valence-electron chi connectivity index (χ1n) is 6.42. The lowest BCUT2D eigenvalue weighted by atomic mass is 9.85. The fourth-order valence-electron chi connectivity index (χ4n) is 2.30. The van der Waals surface area contributed by atoms with Crippen molar-refractivity contribution < 1.29 is 29.5 Å². The van der Waals surface area contributed by atoms with Gasteiger partial charge in [-0.1, -0.05) is 18.2 Å². The number of hydrogen-bond acceptors (Lipinski definition) is 6. The zero-order valence-electron chi connectivity index (χ0n) is 11.5. The van der Waals surface area contributed by atoms with Crippen LogP contribution >= 0.6 is 0 Å². The zero-order chi connectivity index (χ0) is 14.8. The molecule has 1 aliphatic heterocycles. The summed E-state index contributed by atoms with van der Waals surface area (Å²) < 4.78 is 16.1. The Balaban J connectivity index is 2.24. The number of para-hydroxylation sites is 1. The molecule has 2 rings (SSSR count). The summed E-state index contributed by atoms with van der Waals surface area (Å²) >= 11 is 0. The molecular weight excluding hydrogens is 264 g/mol. The second kappa shape index (κ2) is 6.07. The second-order valence-corrected chi connectivity index (χ2v) is 4.98. The van der Waals surface area contributed by atoms with Crippen LogP contribution in [-0.4, -0.2) is 59.2 Å². The molecule has 1 aromatic rings. The maximum Gasteiger partial charge on any atom is 0.186 e. The molecule has 0 bridgehead atoms. The number of aliphatic hydroxyl groups excluding tert-OH is 2. The Bertz CT molecular complexity index is 421. The number of hydrogen-bond donors (Lipinski definition) is 3. The van der Waals surface area contributed by atoms with Crippen molar-refractivity contribution in [1.29, 1.82) is 0 Å². The fraction of sp³-hybridized carbons (Fsp3) is 0.571. The molecule has 112 valence electrons. The van der Waals surface area contributed by atoms with E-state index in [1.165, 1.54) is 14.0 Å². The van der Waals surface area contributed by atoms with Crippen molar-refractivity contribution in [3.05, 3.63) is 30.3 Å². The van der Waals surface area contributed by atoms with Gasteiger partial charge in [0.25, 0.3) is 0 Å². The summed E-state index contributed by atoms with van der Waals surface area (Å²) in [7, 11) is 1.36. The van der Waals surface area contributed by atoms with Gasteiger partial charge in [0.1, 0.15) is 23.6 Å². The highest BCUT2D eigenvalue weighted by atomic mass is 16.7. The maximum atomic E-state index is 10.5. The Labute approximate surface area is 117 Å². The summed E-state index contributed by atoms with van der Waals surface area (Å²) in [5, 5.41) is 30.0. The molecule has 0 spiro atoms. The van der Waals surface area contributed by atoms with Crippen molar-refractivity contribution in [2.75, 3.05) is 13.7 Å². The highest BCUT2D eigenvalue weighted by molar-refractivity contribution is 5.22. The number of ether oxygens (including phenoxy) is 3. The van der Waals surface area contributed by atoms with Gasteiger partial charge in [0.15, 0.2) is 12.4 Å². The monoisotopic (exact) mass is 284 g/mol. The minimum Gasteiger partial charge on any atom is -0.484 e. The first kappa shape index (κ1) is 15.2. The molecule has 0 aliphatic carbocycles. The predicted octanol–water partition coefficient (Wildman–Crippen LogP) is -0.0905. The van der Waals surface area contributed by atoms with E-state index in [2.05, 4.69) is 0 Å². The summed E-state index contributed by atoms with van der Waals surface area (Å²) in [6.45, 7) is 1.07. The standard InChI is InChI=1S/C14H20O6/c1-14(17)11(16)13(18-2)20-10(8-15)12(14)19-9-6-4-3-5-7-9/h3-7,10-13,15-17H,8H2,1-2H3/t10-,11-,12-,13+,14-/m0/s1. The van der Waals surface area contributed by atoms with Gasteiger partial charge in [-0.25, -0.2) is 0 Å². The molecule has 1 heterocycles. The lowest BCUT2D eigenvalue weighted by Gasteiger charge is -2.47. The minimum atomic E-state index is -1.62. The second-order valence-electron chi connectivity index (χ2n) is 4.98. The van der Waals surface area contributed by atoms with Crippen molar-refractivity contribution in [3.8, 4) is 5.75 Å². The summed E-state index contributed by atoms with van der Waals surface area (Å²) in [5.74, 6) is 0.517.